The summed E-state index contributed by atoms with van der Waals surface area (Å²) in [5.74, 6) is 1.01. The highest BCUT2D eigenvalue weighted by molar-refractivity contribution is 9.10. The van der Waals surface area contributed by atoms with Crippen molar-refractivity contribution in [2.24, 2.45) is 40.6 Å². The minimum Gasteiger partial charge on any atom is -0.318 e. The predicted molar refractivity (Wildman–Crippen MR) is 117 cm³/mol. The minimum absolute atomic E-state index is 0.118. The quantitative estimate of drug-likeness (QED) is 0.388. The molecular formula is C24H22BrN3O2. The van der Waals surface area contributed by atoms with Gasteiger partial charge in [-0.05, 0) is 74.3 Å². The normalized spacial score (nSPS) is 33.5. The van der Waals surface area contributed by atoms with Crippen LogP contribution in [-0.2, 0) is 9.59 Å². The number of hydrogen-bond donors (Lipinski definition) is 0. The molecule has 6 atom stereocenters. The molecular weight excluding hydrogens is 442 g/mol. The molecule has 2 aromatic rings. The fraction of sp³-hybridized carbons (Fsp3) is 0.375. The van der Waals surface area contributed by atoms with E-state index in [0.29, 0.717) is 11.8 Å². The maximum Gasteiger partial charge on any atom is 0.254 e. The van der Waals surface area contributed by atoms with Crippen molar-refractivity contribution in [3.63, 3.8) is 0 Å². The lowest BCUT2D eigenvalue weighted by Gasteiger charge is -2.37. The number of benzene rings is 1. The molecule has 30 heavy (non-hydrogen) atoms. The number of allylic oxidation sites excluding steroid dienone is 2. The van der Waals surface area contributed by atoms with Crippen LogP contribution in [0.15, 0.2) is 52.1 Å². The Bertz CT molecular complexity index is 1110. The highest BCUT2D eigenvalue weighted by atomic mass is 79.9. The van der Waals surface area contributed by atoms with Crippen LogP contribution in [0.3, 0.4) is 0 Å². The van der Waals surface area contributed by atoms with Crippen molar-refractivity contribution in [2.75, 3.05) is 0 Å². The molecule has 152 valence electrons. The molecule has 2 amide bonds. The summed E-state index contributed by atoms with van der Waals surface area (Å²) in [6.07, 6.45) is 7.20. The number of halogens is 1. The number of aryl methyl sites for hydroxylation is 1. The number of carbonyl (C=O) groups is 2. The van der Waals surface area contributed by atoms with Crippen molar-refractivity contribution < 1.29 is 9.59 Å². The molecule has 2 heterocycles. The fourth-order valence-electron chi connectivity index (χ4n) is 6.08. The third kappa shape index (κ3) is 2.43. The lowest BCUT2D eigenvalue weighted by molar-refractivity contribution is -0.140. The molecule has 0 spiro atoms. The summed E-state index contributed by atoms with van der Waals surface area (Å²) in [4.78, 5) is 26.2. The Balaban J connectivity index is 1.30. The van der Waals surface area contributed by atoms with Crippen LogP contribution in [0.25, 0.3) is 5.69 Å². The lowest BCUT2D eigenvalue weighted by Crippen LogP contribution is -2.40. The van der Waals surface area contributed by atoms with Crippen LogP contribution < -0.4 is 0 Å². The van der Waals surface area contributed by atoms with Gasteiger partial charge in [-0.1, -0.05) is 28.1 Å². The summed E-state index contributed by atoms with van der Waals surface area (Å²) < 4.78 is 3.18. The van der Waals surface area contributed by atoms with Crippen molar-refractivity contribution >= 4 is 34.0 Å². The number of nitrogens with zero attached hydrogens (tertiary/aromatic N) is 3. The molecule has 0 unspecified atom stereocenters. The summed E-state index contributed by atoms with van der Waals surface area (Å²) in [7, 11) is 0. The predicted octanol–water partition coefficient (Wildman–Crippen LogP) is 4.24. The third-order valence-electron chi connectivity index (χ3n) is 7.51. The van der Waals surface area contributed by atoms with Crippen molar-refractivity contribution in [2.45, 2.75) is 20.3 Å². The van der Waals surface area contributed by atoms with E-state index in [2.05, 4.69) is 49.9 Å². The van der Waals surface area contributed by atoms with Crippen LogP contribution >= 0.6 is 15.9 Å². The monoisotopic (exact) mass is 463 g/mol. The van der Waals surface area contributed by atoms with Gasteiger partial charge >= 0.3 is 0 Å². The van der Waals surface area contributed by atoms with E-state index >= 15 is 0 Å². The third-order valence-corrected chi connectivity index (χ3v) is 8.04. The van der Waals surface area contributed by atoms with Crippen molar-refractivity contribution in [3.05, 3.63) is 63.9 Å². The van der Waals surface area contributed by atoms with Gasteiger partial charge in [0, 0.05) is 27.1 Å². The van der Waals surface area contributed by atoms with E-state index in [1.54, 1.807) is 6.21 Å². The SMILES string of the molecule is Cc1cc(/C=N\N2C(=O)[C@@H]3[C@H]4C=C[C@@H]([C@@H]5C[C@@H]45)[C@H]3C2=O)c(C)n1-c1ccc(Br)cc1. The van der Waals surface area contributed by atoms with Crippen LogP contribution in [-0.4, -0.2) is 27.6 Å². The molecule has 7 rings (SSSR count). The second-order valence-electron chi connectivity index (χ2n) is 9.03. The van der Waals surface area contributed by atoms with Gasteiger partial charge in [0.1, 0.15) is 0 Å². The first-order chi connectivity index (χ1) is 14.5. The molecule has 3 fully saturated rings. The van der Waals surface area contributed by atoms with Gasteiger partial charge in [0.15, 0.2) is 0 Å². The second kappa shape index (κ2) is 6.27. The molecule has 2 saturated carbocycles. The van der Waals surface area contributed by atoms with E-state index in [9.17, 15) is 9.59 Å². The molecule has 5 aliphatic rings. The maximum atomic E-state index is 13.1. The number of carbonyl (C=O) groups excluding carboxylic acids is 2. The van der Waals surface area contributed by atoms with Crippen LogP contribution in [0.2, 0.25) is 0 Å². The van der Waals surface area contributed by atoms with E-state index in [4.69, 9.17) is 0 Å². The van der Waals surface area contributed by atoms with Crippen LogP contribution in [0, 0.1) is 49.4 Å². The molecule has 2 bridgehead atoms. The number of hydrogen-bond acceptors (Lipinski definition) is 3. The Morgan fingerprint density at radius 2 is 1.60 bits per heavy atom. The van der Waals surface area contributed by atoms with Crippen molar-refractivity contribution in [1.29, 1.82) is 0 Å². The second-order valence-corrected chi connectivity index (χ2v) is 9.94. The van der Waals surface area contributed by atoms with E-state index in [-0.39, 0.29) is 35.5 Å². The zero-order chi connectivity index (χ0) is 20.7. The van der Waals surface area contributed by atoms with Gasteiger partial charge in [-0.25, -0.2) is 0 Å². The first-order valence-corrected chi connectivity index (χ1v) is 11.3. The first kappa shape index (κ1) is 18.3. The largest absolute Gasteiger partial charge is 0.318 e. The molecule has 5 nitrogen and oxygen atoms in total. The molecule has 1 aliphatic heterocycles. The van der Waals surface area contributed by atoms with Crippen molar-refractivity contribution in [3.8, 4) is 5.69 Å². The number of hydrazone groups is 1. The average Bonchev–Trinajstić information content (AvgIpc) is 3.46. The molecule has 1 saturated heterocycles. The van der Waals surface area contributed by atoms with Gasteiger partial charge in [-0.15, -0.1) is 0 Å². The molecule has 0 N–H and O–H groups in total. The number of amides is 2. The Kier molecular flexibility index (Phi) is 3.82. The zero-order valence-corrected chi connectivity index (χ0v) is 18.4. The smallest absolute Gasteiger partial charge is 0.254 e. The highest BCUT2D eigenvalue weighted by Crippen LogP contribution is 2.65. The van der Waals surface area contributed by atoms with E-state index in [0.717, 1.165) is 32.1 Å². The summed E-state index contributed by atoms with van der Waals surface area (Å²) in [5.41, 5.74) is 4.08. The Hall–Kier alpha value is -2.47. The lowest BCUT2D eigenvalue weighted by atomic mass is 9.63. The average molecular weight is 464 g/mol. The Morgan fingerprint density at radius 3 is 2.20 bits per heavy atom. The van der Waals surface area contributed by atoms with Gasteiger partial charge in [0.2, 0.25) is 0 Å². The zero-order valence-electron chi connectivity index (χ0n) is 16.8. The minimum atomic E-state index is -0.205. The van der Waals surface area contributed by atoms with Crippen molar-refractivity contribution in [1.82, 2.24) is 9.58 Å². The number of rotatable bonds is 3. The van der Waals surface area contributed by atoms with E-state index < -0.39 is 0 Å². The van der Waals surface area contributed by atoms with Crippen LogP contribution in [0.4, 0.5) is 0 Å². The fourth-order valence-corrected chi connectivity index (χ4v) is 6.35. The van der Waals surface area contributed by atoms with Crippen LogP contribution in [0.1, 0.15) is 23.4 Å². The summed E-state index contributed by atoms with van der Waals surface area (Å²) in [6.45, 7) is 4.07. The first-order valence-electron chi connectivity index (χ1n) is 10.5. The van der Waals surface area contributed by atoms with Gasteiger partial charge in [-0.2, -0.15) is 10.1 Å². The summed E-state index contributed by atoms with van der Waals surface area (Å²) in [6, 6.07) is 10.2. The Morgan fingerprint density at radius 1 is 1.00 bits per heavy atom. The Labute approximate surface area is 183 Å². The number of imide groups is 1. The summed E-state index contributed by atoms with van der Waals surface area (Å²) in [5, 5.41) is 5.55. The van der Waals surface area contributed by atoms with Gasteiger partial charge < -0.3 is 4.57 Å². The summed E-state index contributed by atoms with van der Waals surface area (Å²) >= 11 is 3.47. The molecule has 1 aromatic carbocycles. The maximum absolute atomic E-state index is 13.1. The number of aromatic nitrogens is 1. The molecule has 6 heteroatoms. The molecule has 4 aliphatic carbocycles. The van der Waals surface area contributed by atoms with Gasteiger partial charge in [-0.3, -0.25) is 9.59 Å². The highest BCUT2D eigenvalue weighted by Gasteiger charge is 2.67. The van der Waals surface area contributed by atoms with Crippen LogP contribution in [0.5, 0.6) is 0 Å². The standard InChI is InChI=1S/C24H22BrN3O2/c1-12-9-14(13(2)27(12)16-5-3-15(25)4-6-16)11-26-28-23(29)21-17-7-8-18(20-10-19(17)20)22(21)24(28)30/h3-9,11,17-22H,10H2,1-2H3/b26-11-/t17-,18-,19-,20-,21+,22+/m0/s1. The van der Waals surface area contributed by atoms with Gasteiger partial charge in [0.05, 0.1) is 18.1 Å². The topological polar surface area (TPSA) is 54.7 Å². The molecule has 0 radical (unpaired) electrons. The molecule has 1 aromatic heterocycles. The van der Waals surface area contributed by atoms with E-state index in [1.807, 2.05) is 32.0 Å². The van der Waals surface area contributed by atoms with Gasteiger partial charge in [0.25, 0.3) is 11.8 Å². The van der Waals surface area contributed by atoms with E-state index in [1.165, 1.54) is 6.42 Å².